The first kappa shape index (κ1) is 11.3. The maximum absolute atomic E-state index is 12.9. The molecule has 0 fully saturated rings. The van der Waals surface area contributed by atoms with Gasteiger partial charge < -0.3 is 5.11 Å². The van der Waals surface area contributed by atoms with Crippen molar-refractivity contribution in [3.63, 3.8) is 0 Å². The second-order valence-corrected chi connectivity index (χ2v) is 4.34. The normalized spacial score (nSPS) is 12.8. The van der Waals surface area contributed by atoms with E-state index in [1.807, 2.05) is 0 Å². The van der Waals surface area contributed by atoms with Crippen molar-refractivity contribution >= 4 is 15.9 Å². The topological polar surface area (TPSA) is 38.0 Å². The van der Waals surface area contributed by atoms with E-state index in [1.165, 1.54) is 12.1 Å². The lowest BCUT2D eigenvalue weighted by molar-refractivity contribution is 0.213. The Bertz CT molecular complexity index is 512. The Morgan fingerprint density at radius 1 is 1.44 bits per heavy atom. The number of rotatable bonds is 2. The maximum atomic E-state index is 12.9. The van der Waals surface area contributed by atoms with Crippen LogP contribution >= 0.6 is 15.9 Å². The monoisotopic (exact) mass is 284 g/mol. The molecule has 2 aromatic rings. The maximum Gasteiger partial charge on any atom is 0.124 e. The van der Waals surface area contributed by atoms with E-state index in [9.17, 15) is 9.50 Å². The molecule has 1 aromatic carbocycles. The molecule has 84 valence electrons. The molecule has 16 heavy (non-hydrogen) atoms. The van der Waals surface area contributed by atoms with Gasteiger partial charge in [0.1, 0.15) is 11.9 Å². The Morgan fingerprint density at radius 3 is 2.75 bits per heavy atom. The zero-order valence-corrected chi connectivity index (χ0v) is 10.1. The summed E-state index contributed by atoms with van der Waals surface area (Å²) in [6, 6.07) is 5.90. The van der Waals surface area contributed by atoms with Crippen molar-refractivity contribution in [3.8, 4) is 0 Å². The van der Waals surface area contributed by atoms with Gasteiger partial charge in [-0.2, -0.15) is 5.10 Å². The third-order valence-electron chi connectivity index (χ3n) is 2.27. The van der Waals surface area contributed by atoms with Crippen molar-refractivity contribution in [2.24, 2.45) is 7.05 Å². The van der Waals surface area contributed by atoms with Gasteiger partial charge in [-0.1, -0.05) is 22.0 Å². The fourth-order valence-electron chi connectivity index (χ4n) is 1.46. The fraction of sp³-hybridized carbons (Fsp3) is 0.182. The molecule has 0 aliphatic rings. The van der Waals surface area contributed by atoms with Gasteiger partial charge in [0.2, 0.25) is 0 Å². The number of aromatic nitrogens is 2. The number of hydrogen-bond donors (Lipinski definition) is 1. The van der Waals surface area contributed by atoms with Crippen LogP contribution in [0.25, 0.3) is 0 Å². The first-order chi connectivity index (χ1) is 7.58. The summed E-state index contributed by atoms with van der Waals surface area (Å²) in [5.41, 5.74) is 1.13. The van der Waals surface area contributed by atoms with Crippen LogP contribution in [0.5, 0.6) is 0 Å². The average Bonchev–Trinajstić information content (AvgIpc) is 2.64. The molecule has 0 bridgehead atoms. The van der Waals surface area contributed by atoms with Gasteiger partial charge in [0.15, 0.2) is 0 Å². The molecule has 0 radical (unpaired) electrons. The standard InChI is InChI=1S/C11H10BrFN2O/c1-15-5-4-10(14-15)11(16)8-3-2-7(13)6-9(8)12/h2-6,11,16H,1H3. The molecule has 0 aliphatic carbocycles. The number of aryl methyl sites for hydroxylation is 1. The summed E-state index contributed by atoms with van der Waals surface area (Å²) in [7, 11) is 1.77. The molecule has 0 amide bonds. The van der Waals surface area contributed by atoms with E-state index in [4.69, 9.17) is 0 Å². The van der Waals surface area contributed by atoms with Crippen molar-refractivity contribution < 1.29 is 9.50 Å². The van der Waals surface area contributed by atoms with Gasteiger partial charge >= 0.3 is 0 Å². The van der Waals surface area contributed by atoms with E-state index in [0.29, 0.717) is 15.7 Å². The highest BCUT2D eigenvalue weighted by Gasteiger charge is 2.16. The van der Waals surface area contributed by atoms with Crippen molar-refractivity contribution in [1.82, 2.24) is 9.78 Å². The van der Waals surface area contributed by atoms with Crippen LogP contribution < -0.4 is 0 Å². The van der Waals surface area contributed by atoms with Crippen LogP contribution in [-0.2, 0) is 7.05 Å². The summed E-state index contributed by atoms with van der Waals surface area (Å²) in [5.74, 6) is -0.344. The summed E-state index contributed by atoms with van der Waals surface area (Å²) in [5, 5.41) is 14.2. The Morgan fingerprint density at radius 2 is 2.19 bits per heavy atom. The van der Waals surface area contributed by atoms with Crippen molar-refractivity contribution in [2.45, 2.75) is 6.10 Å². The minimum atomic E-state index is -0.851. The van der Waals surface area contributed by atoms with Crippen molar-refractivity contribution in [1.29, 1.82) is 0 Å². The van der Waals surface area contributed by atoms with E-state index in [-0.39, 0.29) is 5.82 Å². The van der Waals surface area contributed by atoms with Crippen molar-refractivity contribution in [2.75, 3.05) is 0 Å². The largest absolute Gasteiger partial charge is 0.382 e. The molecule has 0 spiro atoms. The summed E-state index contributed by atoms with van der Waals surface area (Å²) in [4.78, 5) is 0. The second-order valence-electron chi connectivity index (χ2n) is 3.48. The highest BCUT2D eigenvalue weighted by atomic mass is 79.9. The predicted molar refractivity (Wildman–Crippen MR) is 61.4 cm³/mol. The molecule has 1 heterocycles. The van der Waals surface area contributed by atoms with E-state index >= 15 is 0 Å². The minimum absolute atomic E-state index is 0.344. The number of benzene rings is 1. The Labute approximate surface area is 101 Å². The van der Waals surface area contributed by atoms with Gasteiger partial charge in [-0.15, -0.1) is 0 Å². The molecular formula is C11H10BrFN2O. The van der Waals surface area contributed by atoms with Crippen LogP contribution in [0.2, 0.25) is 0 Å². The summed E-state index contributed by atoms with van der Waals surface area (Å²) < 4.78 is 15.0. The molecule has 3 nitrogen and oxygen atoms in total. The number of hydrogen-bond acceptors (Lipinski definition) is 2. The molecule has 1 unspecified atom stereocenters. The quantitative estimate of drug-likeness (QED) is 0.920. The molecule has 2 rings (SSSR count). The summed E-state index contributed by atoms with van der Waals surface area (Å²) in [6.45, 7) is 0. The Kier molecular flexibility index (Phi) is 3.07. The third kappa shape index (κ3) is 2.15. The number of nitrogens with zero attached hydrogens (tertiary/aromatic N) is 2. The smallest absolute Gasteiger partial charge is 0.124 e. The van der Waals surface area contributed by atoms with Gasteiger partial charge in [0.25, 0.3) is 0 Å². The zero-order chi connectivity index (χ0) is 11.7. The molecule has 1 N–H and O–H groups in total. The molecule has 0 saturated carbocycles. The van der Waals surface area contributed by atoms with Crippen LogP contribution in [0.4, 0.5) is 4.39 Å². The molecular weight excluding hydrogens is 275 g/mol. The highest BCUT2D eigenvalue weighted by molar-refractivity contribution is 9.10. The second kappa shape index (κ2) is 4.35. The average molecular weight is 285 g/mol. The lowest BCUT2D eigenvalue weighted by atomic mass is 10.1. The first-order valence-electron chi connectivity index (χ1n) is 4.70. The third-order valence-corrected chi connectivity index (χ3v) is 2.96. The van der Waals surface area contributed by atoms with E-state index < -0.39 is 6.10 Å². The summed E-state index contributed by atoms with van der Waals surface area (Å²) in [6.07, 6.45) is 0.895. The van der Waals surface area contributed by atoms with Gasteiger partial charge in [-0.25, -0.2) is 4.39 Å². The van der Waals surface area contributed by atoms with Crippen molar-refractivity contribution in [3.05, 3.63) is 52.0 Å². The van der Waals surface area contributed by atoms with Gasteiger partial charge in [0.05, 0.1) is 5.69 Å². The molecule has 0 aliphatic heterocycles. The van der Waals surface area contributed by atoms with E-state index in [2.05, 4.69) is 21.0 Å². The number of aliphatic hydroxyl groups is 1. The predicted octanol–water partition coefficient (Wildman–Crippen LogP) is 2.40. The highest BCUT2D eigenvalue weighted by Crippen LogP contribution is 2.28. The molecule has 1 atom stereocenters. The minimum Gasteiger partial charge on any atom is -0.382 e. The van der Waals surface area contributed by atoms with Crippen LogP contribution in [0, 0.1) is 5.82 Å². The Hall–Kier alpha value is -1.20. The lowest BCUT2D eigenvalue weighted by Crippen LogP contribution is -2.03. The van der Waals surface area contributed by atoms with Gasteiger partial charge in [0, 0.05) is 23.3 Å². The van der Waals surface area contributed by atoms with Crippen LogP contribution in [0.15, 0.2) is 34.9 Å². The van der Waals surface area contributed by atoms with Crippen LogP contribution in [-0.4, -0.2) is 14.9 Å². The van der Waals surface area contributed by atoms with Gasteiger partial charge in [-0.3, -0.25) is 4.68 Å². The van der Waals surface area contributed by atoms with Crippen LogP contribution in [0.1, 0.15) is 17.4 Å². The van der Waals surface area contributed by atoms with Crippen LogP contribution in [0.3, 0.4) is 0 Å². The summed E-state index contributed by atoms with van der Waals surface area (Å²) >= 11 is 3.22. The van der Waals surface area contributed by atoms with E-state index in [0.717, 1.165) is 0 Å². The van der Waals surface area contributed by atoms with E-state index in [1.54, 1.807) is 30.1 Å². The van der Waals surface area contributed by atoms with Gasteiger partial charge in [-0.05, 0) is 18.2 Å². The molecule has 0 saturated heterocycles. The first-order valence-corrected chi connectivity index (χ1v) is 5.50. The lowest BCUT2D eigenvalue weighted by Gasteiger charge is -2.10. The molecule has 5 heteroatoms. The SMILES string of the molecule is Cn1ccc(C(O)c2ccc(F)cc2Br)n1. The fourth-order valence-corrected chi connectivity index (χ4v) is 2.03. The number of halogens is 2. The zero-order valence-electron chi connectivity index (χ0n) is 8.56. The number of aliphatic hydroxyl groups excluding tert-OH is 1. The Balaban J connectivity index is 2.37. The molecule has 1 aromatic heterocycles.